The number of benzene rings is 2. The molecular weight excluding hydrogens is 1380 g/mol. The number of hydrogen-bond acceptors (Lipinski definition) is 15. The Labute approximate surface area is 627 Å². The monoisotopic (exact) mass is 1490 g/mol. The van der Waals surface area contributed by atoms with E-state index in [9.17, 15) is 48.6 Å². The molecule has 0 radical (unpaired) electrons. The van der Waals surface area contributed by atoms with Crippen LogP contribution in [0.2, 0.25) is 10.0 Å². The molecule has 25 nitrogen and oxygen atoms in total. The predicted molar refractivity (Wildman–Crippen MR) is 403 cm³/mol. The van der Waals surface area contributed by atoms with Gasteiger partial charge in [0.1, 0.15) is 30.3 Å². The van der Waals surface area contributed by atoms with Gasteiger partial charge in [-0.3, -0.25) is 24.0 Å². The van der Waals surface area contributed by atoms with Crippen molar-refractivity contribution in [2.45, 2.75) is 238 Å². The number of nitrogens with two attached hydrogens (primary N) is 3. The lowest BCUT2D eigenvalue weighted by atomic mass is 9.79. The lowest BCUT2D eigenvalue weighted by Crippen LogP contribution is -2.61. The fourth-order valence-electron chi connectivity index (χ4n) is 12.1. The van der Waals surface area contributed by atoms with E-state index in [-0.39, 0.29) is 40.7 Å². The van der Waals surface area contributed by atoms with Gasteiger partial charge in [-0.1, -0.05) is 157 Å². The molecular formula is C78H106Cl2N12O13. The minimum atomic E-state index is -1.58. The van der Waals surface area contributed by atoms with Gasteiger partial charge in [-0.05, 0) is 166 Å². The van der Waals surface area contributed by atoms with Gasteiger partial charge < -0.3 is 78.6 Å². The summed E-state index contributed by atoms with van der Waals surface area (Å²) in [6.07, 6.45) is 5.68. The van der Waals surface area contributed by atoms with E-state index < -0.39 is 129 Å². The topological polar surface area (TPSA) is 385 Å². The molecule has 8 rings (SSSR count). The predicted octanol–water partition coefficient (Wildman–Crippen LogP) is 8.98. The minimum absolute atomic E-state index is 0. The van der Waals surface area contributed by atoms with Crippen LogP contribution in [-0.4, -0.2) is 168 Å². The molecule has 2 aliphatic carbocycles. The molecule has 6 aliphatic rings. The molecule has 10 atom stereocenters. The average molecular weight is 1490 g/mol. The van der Waals surface area contributed by atoms with Crippen molar-refractivity contribution in [3.63, 3.8) is 0 Å². The minimum Gasteiger partial charge on any atom is -0.480 e. The Bertz CT molecular complexity index is 3970. The van der Waals surface area contributed by atoms with Crippen LogP contribution in [0.4, 0.5) is 9.59 Å². The average Bonchev–Trinajstić information content (AvgIpc) is 1.61. The summed E-state index contributed by atoms with van der Waals surface area (Å²) in [5, 5.41) is 53.3. The molecule has 2 spiro atoms. The maximum atomic E-state index is 14.4. The molecule has 0 aromatic heterocycles. The molecule has 2 saturated carbocycles. The van der Waals surface area contributed by atoms with Gasteiger partial charge in [0.05, 0.1) is 30.6 Å². The van der Waals surface area contributed by atoms with E-state index in [1.54, 1.807) is 36.4 Å². The first-order valence-corrected chi connectivity index (χ1v) is 35.1. The van der Waals surface area contributed by atoms with Crippen molar-refractivity contribution < 1.29 is 64.8 Å². The van der Waals surface area contributed by atoms with Crippen LogP contribution >= 0.6 is 23.2 Å². The molecule has 9 amide bonds. The standard InChI is InChI=1S/C32H47ClN6O6.C24H33ClN4O5.C13H4.C8H16N2O2.CH4.H2/c1-30(2,3)25(36-29(44)37-31(4,5)6)28(43)39-17-32(15-22(38-45-32)19-11-8-12-20(33)14-19)16-23(39)27(42)35-21(24(40)26(34)41)13-18-9-7-10-18;1-22(2,3)18(26-21(33)27-23(4,5)6)19(30)29-13-24(12-17(29)20(31)32)11-16(28-34-24)14-8-7-9-15(25)10-14;1-3-5-7-9-11-13-12-10-8-6-4-2;9-6(7(11)8(10)12)4-5-2-1-3-5;;/h8,11-12,14,18,21,23-25,40H,7,9-10,13,15-17H2,1-6H3,(H2,34,41)(H,35,42)(H2,36,37,44);7-10,17-18H,11-13H2,1-6H3,(H,31,32)(H2,26,27,33);1-2H2;5-7,11H,1-4,9H2,(H2,10,12);1H4;1H/t21?,23-,24?,25+,32+;17-,18+,24+;;;;/m00..../s1/i;;;;;1+1. The zero-order valence-corrected chi connectivity index (χ0v) is 62.9. The van der Waals surface area contributed by atoms with Crippen LogP contribution in [0.15, 0.2) is 135 Å². The number of primary amides is 2. The molecule has 4 aliphatic heterocycles. The van der Waals surface area contributed by atoms with Gasteiger partial charge >= 0.3 is 18.0 Å². The van der Waals surface area contributed by atoms with Gasteiger partial charge in [0.15, 0.2) is 17.3 Å². The third-order valence-corrected chi connectivity index (χ3v) is 18.2. The summed E-state index contributed by atoms with van der Waals surface area (Å²) < 4.78 is 0. The number of likely N-dealkylation sites (tertiary alicyclic amines) is 2. The van der Waals surface area contributed by atoms with Crippen LogP contribution in [0.3, 0.4) is 0 Å². The van der Waals surface area contributed by atoms with Crippen molar-refractivity contribution in [2.75, 3.05) is 13.1 Å². The number of halogens is 2. The number of rotatable bonds is 17. The molecule has 14 N–H and O–H groups in total. The van der Waals surface area contributed by atoms with E-state index in [0.29, 0.717) is 53.1 Å². The lowest BCUT2D eigenvalue weighted by molar-refractivity contribution is -0.150. The second-order valence-corrected chi connectivity index (χ2v) is 31.9. The van der Waals surface area contributed by atoms with Gasteiger partial charge in [-0.15, -0.1) is 0 Å². The number of urea groups is 2. The maximum absolute atomic E-state index is 14.4. The second-order valence-electron chi connectivity index (χ2n) is 31.0. The van der Waals surface area contributed by atoms with E-state index in [1.165, 1.54) is 29.1 Å². The SMILES string of the molecule is C.C=C=C=C=C=C=C=C=C=C=C=C=C.CC(C)(C)NC(=O)N[C@H](C(=O)N1C[C@@]2(CC(c3cccc(Cl)c3)=NO2)C[C@H]1C(=O)NC(CC1CCC1)C(O)C(N)=O)C(C)(C)C.CC(C)(C)NC(=O)N[C@H](C(=O)N1C[C@@]2(CC(c3cccc(Cl)c3)=NO2)C[C@H]1C(=O)O)C(C)(C)C.NC(=O)C(O)C(N)CC1CCC1.[2HH]. The summed E-state index contributed by atoms with van der Waals surface area (Å²) >= 11 is 12.3. The first-order valence-electron chi connectivity index (χ1n) is 34.3. The number of aliphatic hydroxyl groups excluding tert-OH is 2. The Morgan fingerprint density at radius 2 is 0.971 bits per heavy atom. The van der Waals surface area contributed by atoms with Crippen molar-refractivity contribution in [1.29, 1.82) is 0 Å². The van der Waals surface area contributed by atoms with Crippen molar-refractivity contribution >= 4 is 82.2 Å². The number of carbonyl (C=O) groups excluding carboxylic acids is 7. The summed E-state index contributed by atoms with van der Waals surface area (Å²) in [5.41, 5.74) is 41.3. The Balaban J connectivity index is 0.000000417. The number of amides is 9. The fraction of sp³-hybridized carbons (Fsp3) is 0.551. The number of nitrogens with one attached hydrogen (secondary N) is 5. The third kappa shape index (κ3) is 27.2. The Kier molecular flexibility index (Phi) is 32.2. The summed E-state index contributed by atoms with van der Waals surface area (Å²) in [7, 11) is 0. The van der Waals surface area contributed by atoms with Gasteiger partial charge in [-0.25, -0.2) is 14.4 Å². The molecule has 0 bridgehead atoms. The third-order valence-electron chi connectivity index (χ3n) is 17.7. The number of carboxylic acid groups (broad SMARTS) is 1. The van der Waals surface area contributed by atoms with Crippen LogP contribution in [0.25, 0.3) is 0 Å². The highest BCUT2D eigenvalue weighted by Gasteiger charge is 2.58. The zero-order valence-electron chi connectivity index (χ0n) is 61.4. The van der Waals surface area contributed by atoms with E-state index in [2.05, 4.69) is 113 Å². The highest BCUT2D eigenvalue weighted by atomic mass is 35.5. The van der Waals surface area contributed by atoms with Crippen LogP contribution < -0.4 is 43.8 Å². The fourth-order valence-corrected chi connectivity index (χ4v) is 12.5. The molecule has 2 aromatic rings. The molecule has 4 fully saturated rings. The van der Waals surface area contributed by atoms with Crippen LogP contribution in [0.5, 0.6) is 0 Å². The summed E-state index contributed by atoms with van der Waals surface area (Å²) in [4.78, 5) is 117. The smallest absolute Gasteiger partial charge is 0.326 e. The van der Waals surface area contributed by atoms with Crippen molar-refractivity contribution in [1.82, 2.24) is 36.4 Å². The van der Waals surface area contributed by atoms with Gasteiger partial charge in [0.2, 0.25) is 29.5 Å². The molecule has 4 unspecified atom stereocenters. The summed E-state index contributed by atoms with van der Waals surface area (Å²) in [6.45, 7) is 28.6. The van der Waals surface area contributed by atoms with E-state index >= 15 is 0 Å². The zero-order chi connectivity index (χ0) is 77.7. The normalized spacial score (nSPS) is 20.8. The van der Waals surface area contributed by atoms with Gasteiger partial charge in [0, 0.05) is 65.4 Å². The maximum Gasteiger partial charge on any atom is 0.326 e. The number of carbonyl (C=O) groups is 8. The highest BCUT2D eigenvalue weighted by Crippen LogP contribution is 2.43. The number of aliphatic hydroxyl groups is 2. The molecule has 27 heteroatoms. The van der Waals surface area contributed by atoms with E-state index in [0.717, 1.165) is 30.4 Å². The Morgan fingerprint density at radius 3 is 1.30 bits per heavy atom. The molecule has 2 aromatic carbocycles. The molecule has 570 valence electrons. The first kappa shape index (κ1) is 87.9. The second kappa shape index (κ2) is 38.5. The highest BCUT2D eigenvalue weighted by molar-refractivity contribution is 6.31. The van der Waals surface area contributed by atoms with Crippen molar-refractivity contribution in [2.24, 2.45) is 50.2 Å². The van der Waals surface area contributed by atoms with Crippen LogP contribution in [0, 0.1) is 22.7 Å². The number of carboxylic acids is 1. The lowest BCUT2D eigenvalue weighted by Gasteiger charge is -2.37. The molecule has 2 saturated heterocycles. The van der Waals surface area contributed by atoms with Crippen molar-refractivity contribution in [3.05, 3.63) is 146 Å². The molecule has 4 heterocycles. The first-order chi connectivity index (χ1) is 48.5. The largest absolute Gasteiger partial charge is 0.480 e. The Morgan fingerprint density at radius 1 is 0.600 bits per heavy atom. The molecule has 105 heavy (non-hydrogen) atoms. The van der Waals surface area contributed by atoms with Gasteiger partial charge in [-0.2, -0.15) is 0 Å². The van der Waals surface area contributed by atoms with Crippen LogP contribution in [-0.2, 0) is 38.4 Å². The number of aliphatic carboxylic acids is 1. The summed E-state index contributed by atoms with van der Waals surface area (Å²) in [6, 6.07) is 7.90. The Hall–Kier alpha value is -9.48. The summed E-state index contributed by atoms with van der Waals surface area (Å²) in [5.74, 6) is -3.42. The van der Waals surface area contributed by atoms with E-state index in [4.69, 9.17) is 55.2 Å². The number of hydrogen-bond donors (Lipinski definition) is 11. The van der Waals surface area contributed by atoms with Gasteiger partial charge in [0.25, 0.3) is 0 Å². The quantitative estimate of drug-likeness (QED) is 0.0659. The van der Waals surface area contributed by atoms with Crippen LogP contribution in [0.1, 0.15) is 180 Å². The number of nitrogens with zero attached hydrogens (tertiary/aromatic N) is 4. The van der Waals surface area contributed by atoms with E-state index in [1.807, 2.05) is 95.2 Å². The van der Waals surface area contributed by atoms with Crippen molar-refractivity contribution in [3.8, 4) is 0 Å². The number of oxime groups is 2.